The highest BCUT2D eigenvalue weighted by Crippen LogP contribution is 2.36. The first-order chi connectivity index (χ1) is 15.0. The number of amides is 1. The standard InChI is InChI=1S/C24H22BrNO4S/c1-3-29-20-12-11-18(25)14-17(20)10-13-22(27)26-23-19(24(28)30-4-2)15-21(31-23)16-8-6-5-7-9-16/h5-15H,3-4H2,1-2H3,(H,26,27)/b13-10+. The Labute approximate surface area is 193 Å². The lowest BCUT2D eigenvalue weighted by atomic mass is 10.1. The van der Waals surface area contributed by atoms with Crippen LogP contribution in [0.1, 0.15) is 29.8 Å². The second-order valence-electron chi connectivity index (χ2n) is 6.38. The summed E-state index contributed by atoms with van der Waals surface area (Å²) in [5.74, 6) is -0.135. The van der Waals surface area contributed by atoms with Crippen LogP contribution in [-0.4, -0.2) is 25.1 Å². The molecule has 1 amide bonds. The van der Waals surface area contributed by atoms with Crippen LogP contribution in [0.4, 0.5) is 5.00 Å². The molecule has 1 heterocycles. The molecular formula is C24H22BrNO4S. The highest BCUT2D eigenvalue weighted by atomic mass is 79.9. The Morgan fingerprint density at radius 1 is 1.06 bits per heavy atom. The van der Waals surface area contributed by atoms with E-state index in [4.69, 9.17) is 9.47 Å². The number of carbonyl (C=O) groups is 2. The number of rotatable bonds is 8. The largest absolute Gasteiger partial charge is 0.493 e. The fraction of sp³-hybridized carbons (Fsp3) is 0.167. The molecule has 31 heavy (non-hydrogen) atoms. The third-order valence-corrected chi connectivity index (χ3v) is 5.80. The minimum absolute atomic E-state index is 0.256. The van der Waals surface area contributed by atoms with Gasteiger partial charge in [-0.15, -0.1) is 11.3 Å². The van der Waals surface area contributed by atoms with Crippen LogP contribution >= 0.6 is 27.3 Å². The van der Waals surface area contributed by atoms with E-state index >= 15 is 0 Å². The smallest absolute Gasteiger partial charge is 0.341 e. The third-order valence-electron chi connectivity index (χ3n) is 4.21. The first-order valence-corrected chi connectivity index (χ1v) is 11.4. The summed E-state index contributed by atoms with van der Waals surface area (Å²) >= 11 is 4.77. The molecular weight excluding hydrogens is 478 g/mol. The average Bonchev–Trinajstić information content (AvgIpc) is 3.18. The van der Waals surface area contributed by atoms with Crippen LogP contribution in [0, 0.1) is 0 Å². The minimum Gasteiger partial charge on any atom is -0.493 e. The van der Waals surface area contributed by atoms with Crippen molar-refractivity contribution >= 4 is 50.2 Å². The molecule has 2 aromatic carbocycles. The summed E-state index contributed by atoms with van der Waals surface area (Å²) in [6, 6.07) is 17.0. The topological polar surface area (TPSA) is 64.6 Å². The predicted octanol–water partition coefficient (Wildman–Crippen LogP) is 6.40. The van der Waals surface area contributed by atoms with Gasteiger partial charge in [-0.25, -0.2) is 4.79 Å². The van der Waals surface area contributed by atoms with Crippen LogP contribution in [0.25, 0.3) is 16.5 Å². The number of thiophene rings is 1. The summed E-state index contributed by atoms with van der Waals surface area (Å²) in [4.78, 5) is 25.9. The Morgan fingerprint density at radius 2 is 1.84 bits per heavy atom. The van der Waals surface area contributed by atoms with Crippen LogP contribution in [-0.2, 0) is 9.53 Å². The Bertz CT molecular complexity index is 1090. The van der Waals surface area contributed by atoms with Crippen molar-refractivity contribution in [2.75, 3.05) is 18.5 Å². The van der Waals surface area contributed by atoms with Crippen molar-refractivity contribution in [3.8, 4) is 16.2 Å². The second kappa shape index (κ2) is 10.9. The molecule has 1 N–H and O–H groups in total. The van der Waals surface area contributed by atoms with Crippen molar-refractivity contribution in [1.82, 2.24) is 0 Å². The molecule has 7 heteroatoms. The van der Waals surface area contributed by atoms with Crippen LogP contribution in [0.15, 0.2) is 65.1 Å². The highest BCUT2D eigenvalue weighted by molar-refractivity contribution is 9.10. The summed E-state index contributed by atoms with van der Waals surface area (Å²) in [7, 11) is 0. The van der Waals surface area contributed by atoms with Crippen molar-refractivity contribution in [2.45, 2.75) is 13.8 Å². The van der Waals surface area contributed by atoms with Gasteiger partial charge in [-0.1, -0.05) is 46.3 Å². The SMILES string of the molecule is CCOC(=O)c1cc(-c2ccccc2)sc1NC(=O)/C=C/c1cc(Br)ccc1OCC. The van der Waals surface area contributed by atoms with Gasteiger partial charge in [-0.05, 0) is 49.8 Å². The molecule has 3 rings (SSSR count). The molecule has 0 radical (unpaired) electrons. The monoisotopic (exact) mass is 499 g/mol. The second-order valence-corrected chi connectivity index (χ2v) is 8.35. The van der Waals surface area contributed by atoms with E-state index < -0.39 is 5.97 Å². The molecule has 0 aliphatic carbocycles. The van der Waals surface area contributed by atoms with Crippen LogP contribution in [0.3, 0.4) is 0 Å². The van der Waals surface area contributed by atoms with Gasteiger partial charge in [0, 0.05) is 21.0 Å². The number of esters is 1. The molecule has 0 bridgehead atoms. The zero-order valence-corrected chi connectivity index (χ0v) is 19.6. The van der Waals surface area contributed by atoms with Gasteiger partial charge in [0.25, 0.3) is 0 Å². The number of anilines is 1. The Balaban J connectivity index is 1.85. The molecule has 0 spiro atoms. The summed E-state index contributed by atoms with van der Waals surface area (Å²) in [6.07, 6.45) is 3.10. The number of carbonyl (C=O) groups excluding carboxylic acids is 2. The molecule has 0 unspecified atom stereocenters. The molecule has 1 aromatic heterocycles. The number of benzene rings is 2. The van der Waals surface area contributed by atoms with Crippen molar-refractivity contribution in [2.24, 2.45) is 0 Å². The molecule has 0 aliphatic rings. The van der Waals surface area contributed by atoms with Gasteiger partial charge < -0.3 is 14.8 Å². The zero-order chi connectivity index (χ0) is 22.2. The number of halogens is 1. The van der Waals surface area contributed by atoms with Gasteiger partial charge in [-0.2, -0.15) is 0 Å². The van der Waals surface area contributed by atoms with E-state index in [9.17, 15) is 9.59 Å². The molecule has 0 atom stereocenters. The van der Waals surface area contributed by atoms with E-state index in [1.165, 1.54) is 17.4 Å². The molecule has 0 fully saturated rings. The number of hydrogen-bond donors (Lipinski definition) is 1. The lowest BCUT2D eigenvalue weighted by Crippen LogP contribution is -2.11. The highest BCUT2D eigenvalue weighted by Gasteiger charge is 2.19. The van der Waals surface area contributed by atoms with E-state index in [0.29, 0.717) is 22.9 Å². The van der Waals surface area contributed by atoms with E-state index in [1.54, 1.807) is 19.1 Å². The normalized spacial score (nSPS) is 10.8. The summed E-state index contributed by atoms with van der Waals surface area (Å²) in [6.45, 7) is 4.43. The van der Waals surface area contributed by atoms with Crippen molar-refractivity contribution in [3.63, 3.8) is 0 Å². The van der Waals surface area contributed by atoms with Gasteiger partial charge >= 0.3 is 5.97 Å². The minimum atomic E-state index is -0.467. The van der Waals surface area contributed by atoms with Gasteiger partial charge in [0.15, 0.2) is 0 Å². The molecule has 0 saturated heterocycles. The first kappa shape index (κ1) is 22.8. The number of ether oxygens (including phenoxy) is 2. The van der Waals surface area contributed by atoms with E-state index in [2.05, 4.69) is 21.2 Å². The molecule has 5 nitrogen and oxygen atoms in total. The quantitative estimate of drug-likeness (QED) is 0.287. The van der Waals surface area contributed by atoms with E-state index in [-0.39, 0.29) is 12.5 Å². The van der Waals surface area contributed by atoms with Crippen LogP contribution in [0.5, 0.6) is 5.75 Å². The van der Waals surface area contributed by atoms with Gasteiger partial charge in [0.05, 0.1) is 18.8 Å². The molecule has 0 aliphatic heterocycles. The van der Waals surface area contributed by atoms with Crippen LogP contribution in [0.2, 0.25) is 0 Å². The van der Waals surface area contributed by atoms with Crippen molar-refractivity contribution in [3.05, 3.63) is 76.3 Å². The van der Waals surface area contributed by atoms with E-state index in [0.717, 1.165) is 20.5 Å². The van der Waals surface area contributed by atoms with Gasteiger partial charge in [-0.3, -0.25) is 4.79 Å². The fourth-order valence-electron chi connectivity index (χ4n) is 2.84. The zero-order valence-electron chi connectivity index (χ0n) is 17.2. The van der Waals surface area contributed by atoms with Gasteiger partial charge in [0.2, 0.25) is 5.91 Å². The Morgan fingerprint density at radius 3 is 2.55 bits per heavy atom. The average molecular weight is 500 g/mol. The molecule has 160 valence electrons. The third kappa shape index (κ3) is 6.06. The molecule has 0 saturated carbocycles. The maximum atomic E-state index is 12.6. The summed E-state index contributed by atoms with van der Waals surface area (Å²) in [5, 5.41) is 3.27. The predicted molar refractivity (Wildman–Crippen MR) is 129 cm³/mol. The van der Waals surface area contributed by atoms with Crippen molar-refractivity contribution in [1.29, 1.82) is 0 Å². The molecule has 3 aromatic rings. The first-order valence-electron chi connectivity index (χ1n) is 9.79. The number of hydrogen-bond acceptors (Lipinski definition) is 5. The lowest BCUT2D eigenvalue weighted by molar-refractivity contribution is -0.111. The Hall–Kier alpha value is -2.90. The van der Waals surface area contributed by atoms with Crippen molar-refractivity contribution < 1.29 is 19.1 Å². The Kier molecular flexibility index (Phi) is 8.03. The maximum Gasteiger partial charge on any atom is 0.341 e. The van der Waals surface area contributed by atoms with Crippen LogP contribution < -0.4 is 10.1 Å². The summed E-state index contributed by atoms with van der Waals surface area (Å²) < 4.78 is 11.7. The van der Waals surface area contributed by atoms with E-state index in [1.807, 2.05) is 55.5 Å². The lowest BCUT2D eigenvalue weighted by Gasteiger charge is -2.07. The maximum absolute atomic E-state index is 12.6. The van der Waals surface area contributed by atoms with Gasteiger partial charge in [0.1, 0.15) is 10.8 Å². The fourth-order valence-corrected chi connectivity index (χ4v) is 4.28. The number of nitrogens with one attached hydrogen (secondary N) is 1. The summed E-state index contributed by atoms with van der Waals surface area (Å²) in [5.41, 5.74) is 2.07.